The fraction of sp³-hybridized carbons (Fsp3) is 0.867. The van der Waals surface area contributed by atoms with Crippen LogP contribution in [0.15, 0.2) is 0 Å². The molecule has 1 saturated heterocycles. The van der Waals surface area contributed by atoms with Crippen LogP contribution >= 0.6 is 0 Å². The average molecular weight is 281 g/mol. The number of nitrogens with zero attached hydrogens (tertiary/aromatic N) is 1. The van der Waals surface area contributed by atoms with Crippen molar-refractivity contribution in [1.82, 2.24) is 15.5 Å². The summed E-state index contributed by atoms with van der Waals surface area (Å²) in [6, 6.07) is -0.222. The molecule has 20 heavy (non-hydrogen) atoms. The minimum Gasteiger partial charge on any atom is -0.323 e. The first-order valence-electron chi connectivity index (χ1n) is 7.63. The zero-order valence-corrected chi connectivity index (χ0v) is 13.1. The van der Waals surface area contributed by atoms with E-state index in [2.05, 4.69) is 38.3 Å². The van der Waals surface area contributed by atoms with E-state index >= 15 is 0 Å². The van der Waals surface area contributed by atoms with Gasteiger partial charge in [0, 0.05) is 18.6 Å². The molecule has 2 rings (SSSR count). The van der Waals surface area contributed by atoms with Gasteiger partial charge in [0.2, 0.25) is 0 Å². The number of carbonyl (C=O) groups excluding carboxylic acids is 2. The van der Waals surface area contributed by atoms with Gasteiger partial charge in [0.15, 0.2) is 0 Å². The van der Waals surface area contributed by atoms with Crippen molar-refractivity contribution < 1.29 is 9.59 Å². The third kappa shape index (κ3) is 3.14. The van der Waals surface area contributed by atoms with E-state index in [1.54, 1.807) is 0 Å². The molecule has 2 N–H and O–H groups in total. The van der Waals surface area contributed by atoms with Gasteiger partial charge in [-0.3, -0.25) is 9.69 Å². The summed E-state index contributed by atoms with van der Waals surface area (Å²) < 4.78 is 0. The molecule has 2 aliphatic rings. The van der Waals surface area contributed by atoms with Gasteiger partial charge in [-0.2, -0.15) is 0 Å². The summed E-state index contributed by atoms with van der Waals surface area (Å²) in [5.74, 6) is 0.632. The normalized spacial score (nSPS) is 31.0. The molecule has 0 aromatic heterocycles. The third-order valence-corrected chi connectivity index (χ3v) is 4.36. The van der Waals surface area contributed by atoms with Gasteiger partial charge in [0.25, 0.3) is 5.91 Å². The maximum Gasteiger partial charge on any atom is 0.325 e. The SMILES string of the molecule is CC1CCC2(CC1)NC(=O)N(CCNC(C)(C)C)C2=O. The minimum absolute atomic E-state index is 0.00277. The van der Waals surface area contributed by atoms with Crippen molar-refractivity contribution in [2.24, 2.45) is 5.92 Å². The first-order chi connectivity index (χ1) is 9.23. The molecule has 0 atom stereocenters. The molecule has 5 nitrogen and oxygen atoms in total. The molecule has 1 spiro atoms. The standard InChI is InChI=1S/C15H27N3O2/c1-11-5-7-15(8-6-11)12(19)18(13(20)17-15)10-9-16-14(2,3)4/h11,16H,5-10H2,1-4H3,(H,17,20). The Hall–Kier alpha value is -1.10. The molecule has 2 fully saturated rings. The number of nitrogens with one attached hydrogen (secondary N) is 2. The second kappa shape index (κ2) is 5.35. The fourth-order valence-electron chi connectivity index (χ4n) is 3.02. The van der Waals surface area contributed by atoms with E-state index in [1.807, 2.05) is 0 Å². The van der Waals surface area contributed by atoms with E-state index < -0.39 is 5.54 Å². The van der Waals surface area contributed by atoms with E-state index in [9.17, 15) is 9.59 Å². The van der Waals surface area contributed by atoms with Crippen molar-refractivity contribution in [2.45, 2.75) is 64.5 Å². The van der Waals surface area contributed by atoms with Crippen molar-refractivity contribution in [2.75, 3.05) is 13.1 Å². The molecule has 0 unspecified atom stereocenters. The molecule has 5 heteroatoms. The van der Waals surface area contributed by atoms with Crippen LogP contribution in [0.1, 0.15) is 53.4 Å². The minimum atomic E-state index is -0.606. The Bertz CT molecular complexity index is 392. The van der Waals surface area contributed by atoms with Crippen LogP contribution in [0.3, 0.4) is 0 Å². The number of urea groups is 1. The lowest BCUT2D eigenvalue weighted by Crippen LogP contribution is -2.49. The fourth-order valence-corrected chi connectivity index (χ4v) is 3.02. The maximum atomic E-state index is 12.6. The molecule has 1 aliphatic carbocycles. The third-order valence-electron chi connectivity index (χ3n) is 4.36. The van der Waals surface area contributed by atoms with Gasteiger partial charge >= 0.3 is 6.03 Å². The highest BCUT2D eigenvalue weighted by atomic mass is 16.2. The number of carbonyl (C=O) groups is 2. The van der Waals surface area contributed by atoms with E-state index in [-0.39, 0.29) is 17.5 Å². The zero-order valence-electron chi connectivity index (χ0n) is 13.1. The van der Waals surface area contributed by atoms with E-state index in [0.29, 0.717) is 19.0 Å². The van der Waals surface area contributed by atoms with Gasteiger partial charge in [-0.25, -0.2) is 4.79 Å². The van der Waals surface area contributed by atoms with Crippen molar-refractivity contribution >= 4 is 11.9 Å². The number of rotatable bonds is 3. The monoisotopic (exact) mass is 281 g/mol. The van der Waals surface area contributed by atoms with E-state index in [1.165, 1.54) is 4.90 Å². The maximum absolute atomic E-state index is 12.6. The highest BCUT2D eigenvalue weighted by Crippen LogP contribution is 2.36. The van der Waals surface area contributed by atoms with Crippen LogP contribution in [0.4, 0.5) is 4.79 Å². The number of hydrogen-bond donors (Lipinski definition) is 2. The molecule has 0 bridgehead atoms. The first-order valence-corrected chi connectivity index (χ1v) is 7.63. The van der Waals surface area contributed by atoms with Crippen LogP contribution in [0.25, 0.3) is 0 Å². The predicted octanol–water partition coefficient (Wildman–Crippen LogP) is 1.88. The Kier molecular flexibility index (Phi) is 4.09. The first kappa shape index (κ1) is 15.3. The molecule has 114 valence electrons. The second-order valence-corrected chi connectivity index (χ2v) is 7.33. The Morgan fingerprint density at radius 2 is 1.90 bits per heavy atom. The Balaban J connectivity index is 1.95. The quantitative estimate of drug-likeness (QED) is 0.776. The summed E-state index contributed by atoms with van der Waals surface area (Å²) in [7, 11) is 0. The van der Waals surface area contributed by atoms with Crippen molar-refractivity contribution in [3.05, 3.63) is 0 Å². The number of hydrogen-bond acceptors (Lipinski definition) is 3. The van der Waals surface area contributed by atoms with Crippen LogP contribution in [0.2, 0.25) is 0 Å². The van der Waals surface area contributed by atoms with Gasteiger partial charge in [0.05, 0.1) is 0 Å². The second-order valence-electron chi connectivity index (χ2n) is 7.33. The highest BCUT2D eigenvalue weighted by Gasteiger charge is 2.51. The van der Waals surface area contributed by atoms with Gasteiger partial charge in [0.1, 0.15) is 5.54 Å². The highest BCUT2D eigenvalue weighted by molar-refractivity contribution is 6.07. The lowest BCUT2D eigenvalue weighted by molar-refractivity contribution is -0.132. The Morgan fingerprint density at radius 1 is 1.30 bits per heavy atom. The zero-order chi connectivity index (χ0) is 15.0. The predicted molar refractivity (Wildman–Crippen MR) is 78.4 cm³/mol. The molecule has 1 saturated carbocycles. The number of imide groups is 1. The summed E-state index contributed by atoms with van der Waals surface area (Å²) in [6.45, 7) is 9.50. The summed E-state index contributed by atoms with van der Waals surface area (Å²) >= 11 is 0. The molecule has 0 radical (unpaired) electrons. The van der Waals surface area contributed by atoms with Gasteiger partial charge in [-0.1, -0.05) is 6.92 Å². The van der Waals surface area contributed by atoms with E-state index in [4.69, 9.17) is 0 Å². The summed E-state index contributed by atoms with van der Waals surface area (Å²) in [5, 5.41) is 6.26. The molecule has 0 aromatic rings. The van der Waals surface area contributed by atoms with Crippen molar-refractivity contribution in [3.8, 4) is 0 Å². The van der Waals surface area contributed by atoms with Gasteiger partial charge in [-0.05, 0) is 52.4 Å². The molecular weight excluding hydrogens is 254 g/mol. The summed E-state index contributed by atoms with van der Waals surface area (Å²) in [5.41, 5.74) is -0.609. The van der Waals surface area contributed by atoms with Crippen molar-refractivity contribution in [1.29, 1.82) is 0 Å². The summed E-state index contributed by atoms with van der Waals surface area (Å²) in [4.78, 5) is 26.0. The van der Waals surface area contributed by atoms with Gasteiger partial charge < -0.3 is 10.6 Å². The smallest absolute Gasteiger partial charge is 0.323 e. The van der Waals surface area contributed by atoms with Crippen LogP contribution < -0.4 is 10.6 Å². The average Bonchev–Trinajstić information content (AvgIpc) is 2.56. The molecule has 1 aliphatic heterocycles. The largest absolute Gasteiger partial charge is 0.325 e. The molecule has 3 amide bonds. The number of amides is 3. The molecular formula is C15H27N3O2. The van der Waals surface area contributed by atoms with Crippen LogP contribution in [-0.4, -0.2) is 41.0 Å². The van der Waals surface area contributed by atoms with Crippen LogP contribution in [0.5, 0.6) is 0 Å². The Labute approximate surface area is 121 Å². The topological polar surface area (TPSA) is 61.4 Å². The van der Waals surface area contributed by atoms with Crippen LogP contribution in [-0.2, 0) is 4.79 Å². The van der Waals surface area contributed by atoms with E-state index in [0.717, 1.165) is 25.7 Å². The Morgan fingerprint density at radius 3 is 2.45 bits per heavy atom. The van der Waals surface area contributed by atoms with Gasteiger partial charge in [-0.15, -0.1) is 0 Å². The van der Waals surface area contributed by atoms with Crippen LogP contribution in [0, 0.1) is 5.92 Å². The summed E-state index contributed by atoms with van der Waals surface area (Å²) in [6.07, 6.45) is 3.59. The van der Waals surface area contributed by atoms with Crippen molar-refractivity contribution in [3.63, 3.8) is 0 Å². The lowest BCUT2D eigenvalue weighted by atomic mass is 9.77. The molecule has 1 heterocycles. The molecule has 0 aromatic carbocycles. The lowest BCUT2D eigenvalue weighted by Gasteiger charge is -2.33.